The van der Waals surface area contributed by atoms with Crippen molar-refractivity contribution < 1.29 is 9.90 Å². The first-order valence-electron chi connectivity index (χ1n) is 4.88. The molecule has 2 heterocycles. The van der Waals surface area contributed by atoms with Gasteiger partial charge in [-0.25, -0.2) is 9.50 Å². The van der Waals surface area contributed by atoms with E-state index in [0.29, 0.717) is 24.3 Å². The standard InChI is InChI=1S/C10H8BrN3O2/c11-6-1-4-14-7(5-6)12-8(13-14)10(2-3-10)9(15)16/h1,4-5H,2-3H2,(H,15,16). The van der Waals surface area contributed by atoms with Crippen LogP contribution < -0.4 is 0 Å². The number of carboxylic acid groups (broad SMARTS) is 1. The van der Waals surface area contributed by atoms with Gasteiger partial charge in [0.25, 0.3) is 0 Å². The highest BCUT2D eigenvalue weighted by Crippen LogP contribution is 2.46. The molecular weight excluding hydrogens is 274 g/mol. The highest BCUT2D eigenvalue weighted by molar-refractivity contribution is 9.10. The Morgan fingerprint density at radius 3 is 2.94 bits per heavy atom. The predicted molar refractivity (Wildman–Crippen MR) is 59.2 cm³/mol. The summed E-state index contributed by atoms with van der Waals surface area (Å²) in [6.45, 7) is 0. The van der Waals surface area contributed by atoms with Crippen molar-refractivity contribution in [3.63, 3.8) is 0 Å². The lowest BCUT2D eigenvalue weighted by Gasteiger charge is -2.01. The van der Waals surface area contributed by atoms with Crippen LogP contribution in [0.1, 0.15) is 18.7 Å². The van der Waals surface area contributed by atoms with Crippen LogP contribution in [0.15, 0.2) is 22.8 Å². The second-order valence-electron chi connectivity index (χ2n) is 3.97. The Morgan fingerprint density at radius 2 is 2.31 bits per heavy atom. The Kier molecular flexibility index (Phi) is 1.85. The first kappa shape index (κ1) is 9.77. The number of pyridine rings is 1. The quantitative estimate of drug-likeness (QED) is 0.908. The number of carboxylic acids is 1. The molecule has 16 heavy (non-hydrogen) atoms. The number of rotatable bonds is 2. The molecule has 0 unspecified atom stereocenters. The van der Waals surface area contributed by atoms with E-state index in [9.17, 15) is 4.79 Å². The zero-order valence-electron chi connectivity index (χ0n) is 8.22. The van der Waals surface area contributed by atoms with E-state index in [4.69, 9.17) is 5.11 Å². The van der Waals surface area contributed by atoms with Crippen LogP contribution in [-0.4, -0.2) is 25.7 Å². The number of aliphatic carboxylic acids is 1. The number of halogens is 1. The van der Waals surface area contributed by atoms with E-state index in [1.54, 1.807) is 10.7 Å². The monoisotopic (exact) mass is 281 g/mol. The van der Waals surface area contributed by atoms with Crippen LogP contribution in [0.25, 0.3) is 5.65 Å². The Hall–Kier alpha value is -1.43. The van der Waals surface area contributed by atoms with Gasteiger partial charge in [0.05, 0.1) is 0 Å². The van der Waals surface area contributed by atoms with Gasteiger partial charge in [0, 0.05) is 10.7 Å². The van der Waals surface area contributed by atoms with E-state index in [0.717, 1.165) is 4.47 Å². The second kappa shape index (κ2) is 3.04. The van der Waals surface area contributed by atoms with Crippen LogP contribution in [0.5, 0.6) is 0 Å². The maximum Gasteiger partial charge on any atom is 0.317 e. The fraction of sp³-hybridized carbons (Fsp3) is 0.300. The molecule has 2 aromatic rings. The molecule has 0 radical (unpaired) electrons. The van der Waals surface area contributed by atoms with Gasteiger partial charge in [-0.15, -0.1) is 0 Å². The van der Waals surface area contributed by atoms with Gasteiger partial charge in [0.1, 0.15) is 5.41 Å². The highest BCUT2D eigenvalue weighted by atomic mass is 79.9. The minimum absolute atomic E-state index is 0.415. The molecule has 1 aliphatic rings. The molecular formula is C10H8BrN3O2. The largest absolute Gasteiger partial charge is 0.480 e. The van der Waals surface area contributed by atoms with Gasteiger partial charge >= 0.3 is 5.97 Å². The molecule has 0 aromatic carbocycles. The third-order valence-corrected chi connectivity index (χ3v) is 3.38. The molecule has 2 aromatic heterocycles. The third-order valence-electron chi connectivity index (χ3n) is 2.89. The zero-order valence-corrected chi connectivity index (χ0v) is 9.81. The van der Waals surface area contributed by atoms with Crippen LogP contribution in [0.4, 0.5) is 0 Å². The predicted octanol–water partition coefficient (Wildman–Crippen LogP) is 1.61. The maximum absolute atomic E-state index is 11.1. The minimum Gasteiger partial charge on any atom is -0.480 e. The van der Waals surface area contributed by atoms with Crippen LogP contribution in [0.2, 0.25) is 0 Å². The SMILES string of the molecule is O=C(O)C1(c2nc3cc(Br)ccn3n2)CC1. The number of aromatic nitrogens is 3. The normalized spacial score (nSPS) is 17.6. The van der Waals surface area contributed by atoms with Crippen molar-refractivity contribution in [2.75, 3.05) is 0 Å². The third kappa shape index (κ3) is 1.26. The lowest BCUT2D eigenvalue weighted by Crippen LogP contribution is -2.21. The van der Waals surface area contributed by atoms with E-state index >= 15 is 0 Å². The molecule has 82 valence electrons. The lowest BCUT2D eigenvalue weighted by atomic mass is 10.1. The average Bonchev–Trinajstić information content (AvgIpc) is 2.94. The van der Waals surface area contributed by atoms with Gasteiger partial charge in [-0.1, -0.05) is 15.9 Å². The smallest absolute Gasteiger partial charge is 0.317 e. The molecule has 1 N–H and O–H groups in total. The van der Waals surface area contributed by atoms with E-state index in [-0.39, 0.29) is 0 Å². The van der Waals surface area contributed by atoms with Crippen LogP contribution >= 0.6 is 15.9 Å². The molecule has 1 saturated carbocycles. The van der Waals surface area contributed by atoms with Crippen LogP contribution in [0.3, 0.4) is 0 Å². The molecule has 0 spiro atoms. The molecule has 0 amide bonds. The van der Waals surface area contributed by atoms with Gasteiger partial charge in [0.2, 0.25) is 0 Å². The summed E-state index contributed by atoms with van der Waals surface area (Å²) < 4.78 is 2.50. The molecule has 1 aliphatic carbocycles. The number of nitrogens with zero attached hydrogens (tertiary/aromatic N) is 3. The number of carbonyl (C=O) groups is 1. The Balaban J connectivity index is 2.16. The van der Waals surface area contributed by atoms with Crippen molar-refractivity contribution in [1.29, 1.82) is 0 Å². The second-order valence-corrected chi connectivity index (χ2v) is 4.89. The minimum atomic E-state index is -0.835. The van der Waals surface area contributed by atoms with E-state index in [1.165, 1.54) is 0 Å². The number of hydrogen-bond donors (Lipinski definition) is 1. The lowest BCUT2D eigenvalue weighted by molar-refractivity contribution is -0.140. The average molecular weight is 282 g/mol. The molecule has 6 heteroatoms. The highest BCUT2D eigenvalue weighted by Gasteiger charge is 2.55. The van der Waals surface area contributed by atoms with Crippen molar-refractivity contribution in [3.05, 3.63) is 28.6 Å². The fourth-order valence-corrected chi connectivity index (χ4v) is 2.04. The Labute approximate surface area is 99.2 Å². The molecule has 5 nitrogen and oxygen atoms in total. The van der Waals surface area contributed by atoms with Crippen molar-refractivity contribution in [3.8, 4) is 0 Å². The summed E-state index contributed by atoms with van der Waals surface area (Å²) in [5.74, 6) is -0.416. The topological polar surface area (TPSA) is 67.5 Å². The summed E-state index contributed by atoms with van der Waals surface area (Å²) in [6.07, 6.45) is 3.01. The van der Waals surface area contributed by atoms with Gasteiger partial charge in [-0.3, -0.25) is 4.79 Å². The van der Waals surface area contributed by atoms with Crippen molar-refractivity contribution in [2.24, 2.45) is 0 Å². The molecule has 0 aliphatic heterocycles. The van der Waals surface area contributed by atoms with Crippen LogP contribution in [0, 0.1) is 0 Å². The first-order chi connectivity index (χ1) is 7.62. The molecule has 0 atom stereocenters. The summed E-state index contributed by atoms with van der Waals surface area (Å²) in [7, 11) is 0. The molecule has 3 rings (SSSR count). The summed E-state index contributed by atoms with van der Waals surface area (Å²) >= 11 is 3.34. The summed E-state index contributed by atoms with van der Waals surface area (Å²) in [5.41, 5.74) is -0.171. The fourth-order valence-electron chi connectivity index (χ4n) is 1.72. The Bertz CT molecular complexity index is 589. The van der Waals surface area contributed by atoms with Gasteiger partial charge < -0.3 is 5.11 Å². The van der Waals surface area contributed by atoms with E-state index < -0.39 is 11.4 Å². The van der Waals surface area contributed by atoms with E-state index in [1.807, 2.05) is 12.1 Å². The first-order valence-corrected chi connectivity index (χ1v) is 5.67. The van der Waals surface area contributed by atoms with Gasteiger partial charge in [0.15, 0.2) is 11.5 Å². The van der Waals surface area contributed by atoms with Gasteiger partial charge in [-0.2, -0.15) is 5.10 Å². The molecule has 1 fully saturated rings. The zero-order chi connectivity index (χ0) is 11.3. The number of hydrogen-bond acceptors (Lipinski definition) is 3. The Morgan fingerprint density at radius 1 is 1.56 bits per heavy atom. The van der Waals surface area contributed by atoms with Crippen molar-refractivity contribution >= 4 is 27.5 Å². The van der Waals surface area contributed by atoms with Gasteiger partial charge in [-0.05, 0) is 25.0 Å². The van der Waals surface area contributed by atoms with Crippen LogP contribution in [-0.2, 0) is 10.2 Å². The number of fused-ring (bicyclic) bond motifs is 1. The summed E-state index contributed by atoms with van der Waals surface area (Å²) in [4.78, 5) is 15.4. The summed E-state index contributed by atoms with van der Waals surface area (Å²) in [6, 6.07) is 3.65. The van der Waals surface area contributed by atoms with E-state index in [2.05, 4.69) is 26.0 Å². The van der Waals surface area contributed by atoms with Crippen molar-refractivity contribution in [2.45, 2.75) is 18.3 Å². The molecule has 0 bridgehead atoms. The summed E-state index contributed by atoms with van der Waals surface area (Å²) in [5, 5.41) is 13.4. The maximum atomic E-state index is 11.1. The molecule has 0 saturated heterocycles. The van der Waals surface area contributed by atoms with Crippen molar-refractivity contribution in [1.82, 2.24) is 14.6 Å².